The number of hydrogen-bond acceptors (Lipinski definition) is 2. The Labute approximate surface area is 76.4 Å². The van der Waals surface area contributed by atoms with Gasteiger partial charge in [0.1, 0.15) is 0 Å². The van der Waals surface area contributed by atoms with Crippen molar-refractivity contribution in [1.29, 1.82) is 0 Å². The van der Waals surface area contributed by atoms with Crippen molar-refractivity contribution in [2.75, 3.05) is 0 Å². The molecule has 2 N–H and O–H groups in total. The highest BCUT2D eigenvalue weighted by Gasteiger charge is 2.31. The van der Waals surface area contributed by atoms with Crippen molar-refractivity contribution in [3.8, 4) is 0 Å². The van der Waals surface area contributed by atoms with E-state index in [-0.39, 0.29) is 18.4 Å². The number of carbonyl (C=O) groups is 1. The highest BCUT2D eigenvalue weighted by molar-refractivity contribution is 5.79. The Kier molecular flexibility index (Phi) is 2.02. The van der Waals surface area contributed by atoms with E-state index in [1.54, 1.807) is 0 Å². The highest BCUT2D eigenvalue weighted by atomic mass is 16.3. The molecule has 1 aliphatic rings. The SMILES string of the molecule is O=C1C[C@@H](O)[C@@H](c2ccccc2)N1. The van der Waals surface area contributed by atoms with Crippen LogP contribution < -0.4 is 5.32 Å². The molecule has 0 aliphatic carbocycles. The smallest absolute Gasteiger partial charge is 0.223 e. The molecule has 1 amide bonds. The van der Waals surface area contributed by atoms with Crippen molar-refractivity contribution >= 4 is 5.91 Å². The number of benzene rings is 1. The van der Waals surface area contributed by atoms with E-state index >= 15 is 0 Å². The Morgan fingerprint density at radius 2 is 2.00 bits per heavy atom. The second kappa shape index (κ2) is 3.18. The molecule has 0 saturated carbocycles. The van der Waals surface area contributed by atoms with Gasteiger partial charge in [-0.2, -0.15) is 0 Å². The fraction of sp³-hybridized carbons (Fsp3) is 0.300. The molecular formula is C10H11NO2. The second-order valence-electron chi connectivity index (χ2n) is 3.23. The summed E-state index contributed by atoms with van der Waals surface area (Å²) < 4.78 is 0. The standard InChI is InChI=1S/C10H11NO2/c12-8-6-9(13)11-10(8)7-4-2-1-3-5-7/h1-5,8,10,12H,6H2,(H,11,13)/t8-,10-/m1/s1. The van der Waals surface area contributed by atoms with E-state index in [2.05, 4.69) is 5.32 Å². The zero-order valence-corrected chi connectivity index (χ0v) is 7.10. The number of aliphatic hydroxyl groups is 1. The maximum absolute atomic E-state index is 11.0. The summed E-state index contributed by atoms with van der Waals surface area (Å²) in [6, 6.07) is 9.28. The molecule has 3 heteroatoms. The number of carbonyl (C=O) groups excluding carboxylic acids is 1. The lowest BCUT2D eigenvalue weighted by molar-refractivity contribution is -0.119. The fourth-order valence-electron chi connectivity index (χ4n) is 1.60. The van der Waals surface area contributed by atoms with Gasteiger partial charge in [-0.3, -0.25) is 4.79 Å². The minimum absolute atomic E-state index is 0.0821. The normalized spacial score (nSPS) is 27.3. The van der Waals surface area contributed by atoms with Crippen molar-refractivity contribution in [1.82, 2.24) is 5.32 Å². The Morgan fingerprint density at radius 1 is 1.31 bits per heavy atom. The molecule has 1 aromatic carbocycles. The summed E-state index contributed by atoms with van der Waals surface area (Å²) in [6.07, 6.45) is -0.380. The average Bonchev–Trinajstić information content (AvgIpc) is 2.47. The Hall–Kier alpha value is -1.35. The van der Waals surface area contributed by atoms with Crippen LogP contribution in [0, 0.1) is 0 Å². The molecule has 2 atom stereocenters. The van der Waals surface area contributed by atoms with Crippen molar-refractivity contribution < 1.29 is 9.90 Å². The minimum atomic E-state index is -0.588. The van der Waals surface area contributed by atoms with E-state index in [1.807, 2.05) is 30.3 Å². The van der Waals surface area contributed by atoms with E-state index in [9.17, 15) is 9.90 Å². The third kappa shape index (κ3) is 1.55. The number of nitrogens with one attached hydrogen (secondary N) is 1. The molecule has 2 rings (SSSR count). The molecule has 13 heavy (non-hydrogen) atoms. The summed E-state index contributed by atoms with van der Waals surface area (Å²) in [6.45, 7) is 0. The summed E-state index contributed by atoms with van der Waals surface area (Å²) in [5.74, 6) is -0.0821. The first kappa shape index (κ1) is 8.26. The second-order valence-corrected chi connectivity index (χ2v) is 3.23. The Bertz CT molecular complexity index is 310. The maximum atomic E-state index is 11.0. The molecule has 0 radical (unpaired) electrons. The van der Waals surface area contributed by atoms with Gasteiger partial charge >= 0.3 is 0 Å². The quantitative estimate of drug-likeness (QED) is 0.660. The number of amides is 1. The molecule has 0 aromatic heterocycles. The number of hydrogen-bond donors (Lipinski definition) is 2. The van der Waals surface area contributed by atoms with Crippen molar-refractivity contribution in [3.63, 3.8) is 0 Å². The van der Waals surface area contributed by atoms with Gasteiger partial charge in [0, 0.05) is 0 Å². The Morgan fingerprint density at radius 3 is 2.54 bits per heavy atom. The van der Waals surface area contributed by atoms with Crippen LogP contribution in [0.4, 0.5) is 0 Å². The monoisotopic (exact) mass is 177 g/mol. The van der Waals surface area contributed by atoms with E-state index < -0.39 is 6.10 Å². The lowest BCUT2D eigenvalue weighted by Gasteiger charge is -2.13. The topological polar surface area (TPSA) is 49.3 Å². The van der Waals surface area contributed by atoms with Crippen LogP contribution >= 0.6 is 0 Å². The molecule has 3 nitrogen and oxygen atoms in total. The first-order valence-corrected chi connectivity index (χ1v) is 4.30. The molecule has 1 fully saturated rings. The molecule has 1 aromatic rings. The summed E-state index contributed by atoms with van der Waals surface area (Å²) in [5.41, 5.74) is 0.959. The van der Waals surface area contributed by atoms with Gasteiger partial charge < -0.3 is 10.4 Å². The van der Waals surface area contributed by atoms with Crippen LogP contribution in [0.15, 0.2) is 30.3 Å². The average molecular weight is 177 g/mol. The van der Waals surface area contributed by atoms with Crippen molar-refractivity contribution in [2.24, 2.45) is 0 Å². The molecule has 1 saturated heterocycles. The van der Waals surface area contributed by atoms with Crippen LogP contribution in [0.5, 0.6) is 0 Å². The van der Waals surface area contributed by atoms with Crippen molar-refractivity contribution in [3.05, 3.63) is 35.9 Å². The van der Waals surface area contributed by atoms with Crippen LogP contribution in [-0.4, -0.2) is 17.1 Å². The van der Waals surface area contributed by atoms with Gasteiger partial charge in [0.15, 0.2) is 0 Å². The van der Waals surface area contributed by atoms with E-state index in [4.69, 9.17) is 0 Å². The molecule has 0 spiro atoms. The molecule has 0 unspecified atom stereocenters. The molecular weight excluding hydrogens is 166 g/mol. The third-order valence-corrected chi connectivity index (χ3v) is 2.25. The lowest BCUT2D eigenvalue weighted by Crippen LogP contribution is -2.22. The van der Waals surface area contributed by atoms with Crippen LogP contribution in [0.2, 0.25) is 0 Å². The van der Waals surface area contributed by atoms with Gasteiger partial charge in [0.05, 0.1) is 18.6 Å². The van der Waals surface area contributed by atoms with Gasteiger partial charge in [-0.25, -0.2) is 0 Å². The summed E-state index contributed by atoms with van der Waals surface area (Å²) in [4.78, 5) is 11.0. The van der Waals surface area contributed by atoms with Gasteiger partial charge in [0.2, 0.25) is 5.91 Å². The first-order chi connectivity index (χ1) is 6.27. The van der Waals surface area contributed by atoms with Crippen LogP contribution in [0.1, 0.15) is 18.0 Å². The predicted molar refractivity (Wildman–Crippen MR) is 47.9 cm³/mol. The van der Waals surface area contributed by atoms with E-state index in [0.29, 0.717) is 0 Å². The lowest BCUT2D eigenvalue weighted by atomic mass is 10.0. The third-order valence-electron chi connectivity index (χ3n) is 2.25. The number of rotatable bonds is 1. The largest absolute Gasteiger partial charge is 0.390 e. The zero-order chi connectivity index (χ0) is 9.26. The fourth-order valence-corrected chi connectivity index (χ4v) is 1.60. The van der Waals surface area contributed by atoms with Crippen LogP contribution in [0.3, 0.4) is 0 Å². The van der Waals surface area contributed by atoms with Crippen LogP contribution in [0.25, 0.3) is 0 Å². The maximum Gasteiger partial charge on any atom is 0.223 e. The number of aliphatic hydroxyl groups excluding tert-OH is 1. The first-order valence-electron chi connectivity index (χ1n) is 4.30. The molecule has 1 aliphatic heterocycles. The van der Waals surface area contributed by atoms with Gasteiger partial charge in [0.25, 0.3) is 0 Å². The van der Waals surface area contributed by atoms with E-state index in [0.717, 1.165) is 5.56 Å². The Balaban J connectivity index is 2.23. The molecule has 0 bridgehead atoms. The van der Waals surface area contributed by atoms with Gasteiger partial charge in [-0.05, 0) is 5.56 Å². The summed E-state index contributed by atoms with van der Waals surface area (Å²) in [7, 11) is 0. The summed E-state index contributed by atoms with van der Waals surface area (Å²) >= 11 is 0. The van der Waals surface area contributed by atoms with Crippen molar-refractivity contribution in [2.45, 2.75) is 18.6 Å². The predicted octanol–water partition coefficient (Wildman–Crippen LogP) is 0.608. The zero-order valence-electron chi connectivity index (χ0n) is 7.10. The molecule has 1 heterocycles. The molecule has 68 valence electrons. The summed E-state index contributed by atoms with van der Waals surface area (Å²) in [5, 5.41) is 12.3. The highest BCUT2D eigenvalue weighted by Crippen LogP contribution is 2.23. The van der Waals surface area contributed by atoms with Crippen LogP contribution in [-0.2, 0) is 4.79 Å². The van der Waals surface area contributed by atoms with E-state index in [1.165, 1.54) is 0 Å². The minimum Gasteiger partial charge on any atom is -0.390 e. The van der Waals surface area contributed by atoms with Gasteiger partial charge in [-0.1, -0.05) is 30.3 Å². The van der Waals surface area contributed by atoms with Gasteiger partial charge in [-0.15, -0.1) is 0 Å².